The number of esters is 1. The largest absolute Gasteiger partial charge is 0.493 e. The molecule has 1 saturated heterocycles. The Morgan fingerprint density at radius 3 is 2.77 bits per heavy atom. The molecule has 0 aromatic heterocycles. The topological polar surface area (TPSA) is 35.5 Å². The van der Waals surface area contributed by atoms with Crippen LogP contribution in [-0.4, -0.2) is 19.2 Å². The molecule has 0 N–H and O–H groups in total. The number of carbonyl (C=O) groups excluding carboxylic acids is 1. The fourth-order valence-electron chi connectivity index (χ4n) is 4.30. The number of carbonyl (C=O) groups is 1. The number of allylic oxidation sites excluding steroid dienone is 1. The lowest BCUT2D eigenvalue weighted by Gasteiger charge is -2.24. The van der Waals surface area contributed by atoms with Gasteiger partial charge in [-0.2, -0.15) is 0 Å². The van der Waals surface area contributed by atoms with Gasteiger partial charge in [-0.3, -0.25) is 4.79 Å². The Morgan fingerprint density at radius 2 is 1.92 bits per heavy atom. The van der Waals surface area contributed by atoms with Crippen molar-refractivity contribution in [2.45, 2.75) is 25.7 Å². The molecule has 2 unspecified atom stereocenters. The number of benzene rings is 2. The minimum atomic E-state index is -0.417. The van der Waals surface area contributed by atoms with E-state index in [0.29, 0.717) is 19.6 Å². The monoisotopic (exact) mass is 348 g/mol. The fraction of sp³-hybridized carbons (Fsp3) is 0.348. The van der Waals surface area contributed by atoms with E-state index >= 15 is 0 Å². The van der Waals surface area contributed by atoms with Gasteiger partial charge in [0.05, 0.1) is 18.6 Å². The molecule has 134 valence electrons. The molecule has 1 aliphatic heterocycles. The molecular weight excluding hydrogens is 324 g/mol. The van der Waals surface area contributed by atoms with Gasteiger partial charge in [0, 0.05) is 12.3 Å². The van der Waals surface area contributed by atoms with Gasteiger partial charge in [0.15, 0.2) is 0 Å². The highest BCUT2D eigenvalue weighted by molar-refractivity contribution is 5.81. The first-order valence-corrected chi connectivity index (χ1v) is 9.25. The SMILES string of the molecule is C=C1CC2COC(=O)C2(Cc2cccc(OCCc3ccccc3)c2)C1. The van der Waals surface area contributed by atoms with E-state index in [0.717, 1.165) is 30.6 Å². The van der Waals surface area contributed by atoms with Gasteiger partial charge in [0.2, 0.25) is 0 Å². The van der Waals surface area contributed by atoms with Crippen molar-refractivity contribution in [3.05, 3.63) is 77.9 Å². The lowest BCUT2D eigenvalue weighted by molar-refractivity contribution is -0.146. The van der Waals surface area contributed by atoms with Gasteiger partial charge in [0.1, 0.15) is 5.75 Å². The molecule has 2 aromatic rings. The van der Waals surface area contributed by atoms with Crippen molar-refractivity contribution < 1.29 is 14.3 Å². The normalized spacial score (nSPS) is 24.4. The summed E-state index contributed by atoms with van der Waals surface area (Å²) in [6.07, 6.45) is 3.23. The van der Waals surface area contributed by atoms with Crippen molar-refractivity contribution >= 4 is 5.97 Å². The van der Waals surface area contributed by atoms with Crippen LogP contribution in [-0.2, 0) is 22.4 Å². The van der Waals surface area contributed by atoms with E-state index in [1.807, 2.05) is 30.3 Å². The van der Waals surface area contributed by atoms with E-state index in [4.69, 9.17) is 9.47 Å². The summed E-state index contributed by atoms with van der Waals surface area (Å²) in [4.78, 5) is 12.4. The van der Waals surface area contributed by atoms with Gasteiger partial charge < -0.3 is 9.47 Å². The summed E-state index contributed by atoms with van der Waals surface area (Å²) in [5, 5.41) is 0. The average molecular weight is 348 g/mol. The van der Waals surface area contributed by atoms with Crippen molar-refractivity contribution in [2.75, 3.05) is 13.2 Å². The van der Waals surface area contributed by atoms with Gasteiger partial charge in [-0.1, -0.05) is 54.6 Å². The summed E-state index contributed by atoms with van der Waals surface area (Å²) in [5.74, 6) is 1.07. The predicted molar refractivity (Wildman–Crippen MR) is 101 cm³/mol. The molecule has 4 rings (SSSR count). The molecule has 26 heavy (non-hydrogen) atoms. The number of rotatable bonds is 6. The summed E-state index contributed by atoms with van der Waals surface area (Å²) in [6.45, 7) is 5.28. The highest BCUT2D eigenvalue weighted by atomic mass is 16.5. The quantitative estimate of drug-likeness (QED) is 0.575. The maximum absolute atomic E-state index is 12.4. The molecule has 2 atom stereocenters. The molecule has 0 bridgehead atoms. The first-order chi connectivity index (χ1) is 12.7. The fourth-order valence-corrected chi connectivity index (χ4v) is 4.30. The van der Waals surface area contributed by atoms with E-state index in [2.05, 4.69) is 30.8 Å². The lowest BCUT2D eigenvalue weighted by Crippen LogP contribution is -2.31. The van der Waals surface area contributed by atoms with Crippen molar-refractivity contribution in [2.24, 2.45) is 11.3 Å². The first-order valence-electron chi connectivity index (χ1n) is 9.25. The average Bonchev–Trinajstić information content (AvgIpc) is 3.11. The number of hydrogen-bond donors (Lipinski definition) is 0. The van der Waals surface area contributed by atoms with Crippen molar-refractivity contribution in [1.29, 1.82) is 0 Å². The third kappa shape index (κ3) is 3.26. The first kappa shape index (κ1) is 16.9. The summed E-state index contributed by atoms with van der Waals surface area (Å²) < 4.78 is 11.3. The Kier molecular flexibility index (Phi) is 4.54. The van der Waals surface area contributed by atoms with Crippen LogP contribution in [0.5, 0.6) is 5.75 Å². The molecule has 2 fully saturated rings. The molecule has 3 heteroatoms. The van der Waals surface area contributed by atoms with E-state index < -0.39 is 5.41 Å². The summed E-state index contributed by atoms with van der Waals surface area (Å²) in [7, 11) is 0. The zero-order chi connectivity index (χ0) is 18.0. The number of hydrogen-bond acceptors (Lipinski definition) is 3. The van der Waals surface area contributed by atoms with Crippen LogP contribution in [0.1, 0.15) is 24.0 Å². The van der Waals surface area contributed by atoms with Crippen molar-refractivity contribution in [3.8, 4) is 5.75 Å². The molecule has 1 heterocycles. The van der Waals surface area contributed by atoms with Gasteiger partial charge in [-0.05, 0) is 42.5 Å². The lowest BCUT2D eigenvalue weighted by atomic mass is 9.75. The zero-order valence-electron chi connectivity index (χ0n) is 14.9. The summed E-state index contributed by atoms with van der Waals surface area (Å²) >= 11 is 0. The van der Waals surface area contributed by atoms with Crippen LogP contribution in [0.15, 0.2) is 66.7 Å². The van der Waals surface area contributed by atoms with Gasteiger partial charge in [-0.25, -0.2) is 0 Å². The highest BCUT2D eigenvalue weighted by Crippen LogP contribution is 2.52. The minimum absolute atomic E-state index is 0.0588. The number of ether oxygens (including phenoxy) is 2. The van der Waals surface area contributed by atoms with Crippen LogP contribution in [0.4, 0.5) is 0 Å². The Labute approximate surface area is 154 Å². The van der Waals surface area contributed by atoms with Gasteiger partial charge in [-0.15, -0.1) is 0 Å². The summed E-state index contributed by atoms with van der Waals surface area (Å²) in [6, 6.07) is 18.4. The Hall–Kier alpha value is -2.55. The van der Waals surface area contributed by atoms with Crippen molar-refractivity contribution in [3.63, 3.8) is 0 Å². The molecule has 0 amide bonds. The second kappa shape index (κ2) is 6.99. The minimum Gasteiger partial charge on any atom is -0.493 e. The second-order valence-electron chi connectivity index (χ2n) is 7.49. The molecule has 0 radical (unpaired) electrons. The molecule has 1 saturated carbocycles. The van der Waals surface area contributed by atoms with Crippen LogP contribution in [0.25, 0.3) is 0 Å². The van der Waals surface area contributed by atoms with Crippen LogP contribution >= 0.6 is 0 Å². The molecular formula is C23H24O3. The molecule has 2 aliphatic rings. The third-order valence-electron chi connectivity index (χ3n) is 5.62. The second-order valence-corrected chi connectivity index (χ2v) is 7.49. The predicted octanol–water partition coefficient (Wildman–Crippen LogP) is 4.36. The smallest absolute Gasteiger partial charge is 0.313 e. The standard InChI is InChI=1S/C23H24O3/c1-17-12-20-16-26-22(24)23(20,14-17)15-19-8-5-9-21(13-19)25-11-10-18-6-3-2-4-7-18/h2-9,13,20H,1,10-12,14-16H2. The Bertz CT molecular complexity index is 811. The Balaban J connectivity index is 1.43. The Morgan fingerprint density at radius 1 is 1.12 bits per heavy atom. The number of cyclic esters (lactones) is 1. The third-order valence-corrected chi connectivity index (χ3v) is 5.62. The highest BCUT2D eigenvalue weighted by Gasteiger charge is 2.55. The number of fused-ring (bicyclic) bond motifs is 1. The van der Waals surface area contributed by atoms with E-state index in [1.54, 1.807) is 0 Å². The van der Waals surface area contributed by atoms with Gasteiger partial charge in [0.25, 0.3) is 0 Å². The van der Waals surface area contributed by atoms with Crippen LogP contribution < -0.4 is 4.74 Å². The van der Waals surface area contributed by atoms with Crippen molar-refractivity contribution in [1.82, 2.24) is 0 Å². The van der Waals surface area contributed by atoms with Crippen LogP contribution in [0, 0.1) is 11.3 Å². The van der Waals surface area contributed by atoms with Crippen LogP contribution in [0.2, 0.25) is 0 Å². The van der Waals surface area contributed by atoms with E-state index in [-0.39, 0.29) is 11.9 Å². The molecule has 0 spiro atoms. The molecule has 1 aliphatic carbocycles. The van der Waals surface area contributed by atoms with E-state index in [9.17, 15) is 4.79 Å². The summed E-state index contributed by atoms with van der Waals surface area (Å²) in [5.41, 5.74) is 3.14. The van der Waals surface area contributed by atoms with Crippen LogP contribution in [0.3, 0.4) is 0 Å². The maximum atomic E-state index is 12.4. The maximum Gasteiger partial charge on any atom is 0.313 e. The van der Waals surface area contributed by atoms with E-state index in [1.165, 1.54) is 11.1 Å². The molecule has 3 nitrogen and oxygen atoms in total. The molecule has 2 aromatic carbocycles. The zero-order valence-corrected chi connectivity index (χ0v) is 14.9. The van der Waals surface area contributed by atoms with Gasteiger partial charge >= 0.3 is 5.97 Å².